The van der Waals surface area contributed by atoms with Crippen molar-refractivity contribution in [2.45, 2.75) is 102 Å². The number of rotatable bonds is 19. The summed E-state index contributed by atoms with van der Waals surface area (Å²) >= 11 is 0. The first-order chi connectivity index (χ1) is 32.6. The number of nitrogens with two attached hydrogens (primary N) is 2. The number of aromatic nitrogens is 8. The van der Waals surface area contributed by atoms with Gasteiger partial charge in [-0.05, 0) is 26.3 Å². The molecule has 4 aliphatic rings. The number of fused-ring (bicyclic) bond motifs is 2. The molecule has 2 amide bonds. The zero-order valence-corrected chi connectivity index (χ0v) is 40.1. The molecule has 8 rings (SSSR count). The highest BCUT2D eigenvalue weighted by Gasteiger charge is 2.54. The van der Waals surface area contributed by atoms with Crippen molar-refractivity contribution in [2.24, 2.45) is 5.92 Å². The second kappa shape index (κ2) is 20.0. The Hall–Kier alpha value is -4.42. The van der Waals surface area contributed by atoms with Gasteiger partial charge in [-0.3, -0.25) is 41.2 Å². The van der Waals surface area contributed by atoms with E-state index >= 15 is 0 Å². The van der Waals surface area contributed by atoms with Gasteiger partial charge in [-0.2, -0.15) is 0 Å². The number of aliphatic hydroxyl groups excluding tert-OH is 1. The number of methoxy groups -OCH3 is 1. The summed E-state index contributed by atoms with van der Waals surface area (Å²) < 4.78 is 101. The zero-order valence-electron chi connectivity index (χ0n) is 37.4. The predicted octanol–water partition coefficient (Wildman–Crippen LogP) is 1.74. The predicted molar refractivity (Wildman–Crippen MR) is 233 cm³/mol. The molecule has 0 spiro atoms. The van der Waals surface area contributed by atoms with Gasteiger partial charge in [0.25, 0.3) is 0 Å². The van der Waals surface area contributed by atoms with E-state index in [1.807, 2.05) is 0 Å². The molecule has 0 aromatic carbocycles. The molecule has 4 aromatic rings. The highest BCUT2D eigenvalue weighted by atomic mass is 31.2. The van der Waals surface area contributed by atoms with Crippen LogP contribution in [0.3, 0.4) is 0 Å². The minimum Gasteiger partial charge on any atom is -0.394 e. The van der Waals surface area contributed by atoms with Crippen LogP contribution in [0, 0.1) is 5.92 Å². The van der Waals surface area contributed by atoms with Gasteiger partial charge in [0, 0.05) is 31.3 Å². The molecule has 378 valence electrons. The molecule has 0 aliphatic carbocycles. The first-order valence-corrected chi connectivity index (χ1v) is 25.5. The Kier molecular flexibility index (Phi) is 14.8. The molecule has 0 saturated carbocycles. The second-order valence-electron chi connectivity index (χ2n) is 16.5. The van der Waals surface area contributed by atoms with Crippen molar-refractivity contribution in [2.75, 3.05) is 38.4 Å². The third-order valence-electron chi connectivity index (χ3n) is 11.4. The average molecular weight is 1030 g/mol. The van der Waals surface area contributed by atoms with Gasteiger partial charge in [0.2, 0.25) is 0 Å². The maximum Gasteiger partial charge on any atom is 0.472 e. The number of phosphoric ester groups is 3. The van der Waals surface area contributed by atoms with Crippen LogP contribution in [-0.2, 0) is 59.8 Å². The molecular weight excluding hydrogens is 981 g/mol. The highest BCUT2D eigenvalue weighted by molar-refractivity contribution is 7.48. The van der Waals surface area contributed by atoms with E-state index in [2.05, 4.69) is 41.8 Å². The lowest BCUT2D eigenvalue weighted by atomic mass is 10.0. The standard InChI is InChI=1S/C36H51N12O18P3/c1-16(2)63-67(51,52)58-11-23-28(29(57-6)35(62-23)48-15-44-26-31(38)40-13-42-33(26)48)66-68(53,54)59-10-22-27(18(4)34(61-22)47-14-43-25-30(37)39-12-41-32(25)47)65-69(55,56)64-20-7-24(60-21(20)9-49)46-8-17(3)19(5)45-36(46)50/h8,12-16,18,20-24,27-29,34-35,49H,5,7,9-11H2,1-4,6H3,(H,45,50)(H,51,52)(H,53,54)(H,55,56)(H2,37,39,41)(H2,38,40,42)/t18-,20+,21-,22-,23-,24-,27+,28-,29-,34-,35-/m1/s1. The van der Waals surface area contributed by atoms with Crippen LogP contribution < -0.4 is 16.8 Å². The van der Waals surface area contributed by atoms with Crippen molar-refractivity contribution in [1.29, 1.82) is 0 Å². The van der Waals surface area contributed by atoms with Gasteiger partial charge in [0.05, 0.1) is 38.6 Å². The van der Waals surface area contributed by atoms with Gasteiger partial charge in [-0.15, -0.1) is 0 Å². The molecule has 69 heavy (non-hydrogen) atoms. The van der Waals surface area contributed by atoms with Crippen molar-refractivity contribution < 1.29 is 84.4 Å². The minimum atomic E-state index is -5.32. The third-order valence-corrected chi connectivity index (χ3v) is 14.6. The fourth-order valence-corrected chi connectivity index (χ4v) is 11.4. The number of hydrogen-bond donors (Lipinski definition) is 7. The topological polar surface area (TPSA) is 396 Å². The Balaban J connectivity index is 1.04. The summed E-state index contributed by atoms with van der Waals surface area (Å²) in [6.45, 7) is 7.78. The first-order valence-electron chi connectivity index (χ1n) is 21.0. The van der Waals surface area contributed by atoms with Crippen LogP contribution in [0.15, 0.2) is 49.4 Å². The van der Waals surface area contributed by atoms with E-state index in [9.17, 15) is 38.3 Å². The molecule has 3 fully saturated rings. The van der Waals surface area contributed by atoms with E-state index in [0.717, 1.165) is 0 Å². The number of urea groups is 1. The quantitative estimate of drug-likeness (QED) is 0.0658. The summed E-state index contributed by atoms with van der Waals surface area (Å²) in [7, 11) is -14.0. The second-order valence-corrected chi connectivity index (χ2v) is 20.6. The SMILES string of the molecule is C=C1NC(=O)N([C@H]2C[C@H](OP(=O)(O)O[C@H]3[C@@H](C)[C@H](n4cnc5c(N)ncnc54)O[C@@H]3COP(=O)(O)O[C@H]3[C@@H](OC)[C@H](n4cnc5c(N)ncnc54)O[C@@H]3COP(=O)(O)OC(C)C)[C@@H](CO)O2)C=C1C. The number of imidazole rings is 2. The molecule has 3 unspecified atom stereocenters. The number of carbonyl (C=O) groups excluding carboxylic acids is 1. The molecule has 8 heterocycles. The number of phosphoric acid groups is 3. The number of aliphatic hydroxyl groups is 1. The maximum atomic E-state index is 14.1. The molecule has 0 bridgehead atoms. The number of nitrogens with zero attached hydrogens (tertiary/aromatic N) is 9. The number of nitrogen functional groups attached to an aromatic ring is 2. The van der Waals surface area contributed by atoms with Gasteiger partial charge in [0.1, 0.15) is 78.9 Å². The molecule has 30 nitrogen and oxygen atoms in total. The van der Waals surface area contributed by atoms with Gasteiger partial charge in [0.15, 0.2) is 29.2 Å². The van der Waals surface area contributed by atoms with Crippen molar-refractivity contribution >= 4 is 63.5 Å². The Bertz CT molecular complexity index is 2750. The Morgan fingerprint density at radius 1 is 0.812 bits per heavy atom. The summed E-state index contributed by atoms with van der Waals surface area (Å²) in [5.74, 6) is -0.836. The van der Waals surface area contributed by atoms with Crippen molar-refractivity contribution in [3.63, 3.8) is 0 Å². The van der Waals surface area contributed by atoms with E-state index in [0.29, 0.717) is 11.3 Å². The third kappa shape index (κ3) is 10.8. The maximum absolute atomic E-state index is 14.1. The van der Waals surface area contributed by atoms with Crippen LogP contribution in [0.1, 0.15) is 46.6 Å². The fraction of sp³-hybridized carbons (Fsp3) is 0.583. The van der Waals surface area contributed by atoms with Crippen LogP contribution in [-0.4, -0.2) is 152 Å². The summed E-state index contributed by atoms with van der Waals surface area (Å²) in [6, 6.07) is -0.590. The molecule has 3 saturated heterocycles. The van der Waals surface area contributed by atoms with Gasteiger partial charge in [-0.1, -0.05) is 13.5 Å². The highest BCUT2D eigenvalue weighted by Crippen LogP contribution is 2.55. The van der Waals surface area contributed by atoms with Crippen molar-refractivity contribution in [3.05, 3.63) is 49.4 Å². The van der Waals surface area contributed by atoms with Crippen LogP contribution in [0.25, 0.3) is 22.3 Å². The lowest BCUT2D eigenvalue weighted by Gasteiger charge is -2.30. The summed E-state index contributed by atoms with van der Waals surface area (Å²) in [6.07, 6.45) is -7.57. The van der Waals surface area contributed by atoms with Crippen molar-refractivity contribution in [3.8, 4) is 0 Å². The van der Waals surface area contributed by atoms with Gasteiger partial charge in [-0.25, -0.2) is 48.4 Å². The monoisotopic (exact) mass is 1030 g/mol. The number of ether oxygens (including phenoxy) is 4. The summed E-state index contributed by atoms with van der Waals surface area (Å²) in [5, 5.41) is 12.8. The van der Waals surface area contributed by atoms with E-state index in [1.54, 1.807) is 13.8 Å². The number of hydrogen-bond acceptors (Lipinski definition) is 23. The fourth-order valence-electron chi connectivity index (χ4n) is 8.22. The number of amides is 2. The van der Waals surface area contributed by atoms with E-state index in [-0.39, 0.29) is 40.4 Å². The first kappa shape index (κ1) is 51.0. The molecule has 0 radical (unpaired) electrons. The Morgan fingerprint density at radius 2 is 1.38 bits per heavy atom. The summed E-state index contributed by atoms with van der Waals surface area (Å²) in [4.78, 5) is 72.0. The molecule has 14 atom stereocenters. The normalized spacial score (nSPS) is 31.3. The molecule has 9 N–H and O–H groups in total. The van der Waals surface area contributed by atoms with Crippen LogP contribution in [0.5, 0.6) is 0 Å². The Labute approximate surface area is 391 Å². The largest absolute Gasteiger partial charge is 0.472 e. The number of anilines is 2. The van der Waals surface area contributed by atoms with E-state index < -0.39 is 123 Å². The minimum absolute atomic E-state index is 0.0353. The number of allylic oxidation sites excluding steroid dienone is 1. The summed E-state index contributed by atoms with van der Waals surface area (Å²) in [5.41, 5.74) is 13.8. The molecule has 4 aromatic heterocycles. The van der Waals surface area contributed by atoms with Gasteiger partial charge < -0.3 is 55.5 Å². The number of carbonyl (C=O) groups is 1. The molecule has 4 aliphatic heterocycles. The van der Waals surface area contributed by atoms with Crippen LogP contribution in [0.2, 0.25) is 0 Å². The van der Waals surface area contributed by atoms with Crippen molar-refractivity contribution in [1.82, 2.24) is 49.3 Å². The van der Waals surface area contributed by atoms with E-state index in [1.165, 1.54) is 66.5 Å². The lowest BCUT2D eigenvalue weighted by molar-refractivity contribution is -0.0626. The molecule has 33 heteroatoms. The van der Waals surface area contributed by atoms with E-state index in [4.69, 9.17) is 57.6 Å². The lowest BCUT2D eigenvalue weighted by Crippen LogP contribution is -2.45. The zero-order chi connectivity index (χ0) is 49.7. The van der Waals surface area contributed by atoms with Crippen LogP contribution >= 0.6 is 23.5 Å². The van der Waals surface area contributed by atoms with Crippen LogP contribution in [0.4, 0.5) is 16.4 Å². The smallest absolute Gasteiger partial charge is 0.394 e. The number of nitrogens with one attached hydrogen (secondary N) is 1. The average Bonchev–Trinajstić information content (AvgIpc) is 4.11. The molecular formula is C36H51N12O18P3. The Morgan fingerprint density at radius 3 is 1.97 bits per heavy atom. The van der Waals surface area contributed by atoms with Gasteiger partial charge >= 0.3 is 29.5 Å².